The molecule has 4 nitrogen and oxygen atoms in total. The lowest BCUT2D eigenvalue weighted by Gasteiger charge is -2.08. The fourth-order valence-corrected chi connectivity index (χ4v) is 2.30. The number of unbranched alkanes of at least 4 members (excludes halogenated alkanes) is 4. The molecule has 0 radical (unpaired) electrons. The highest BCUT2D eigenvalue weighted by molar-refractivity contribution is 5.69. The predicted molar refractivity (Wildman–Crippen MR) is 112 cm³/mol. The molecule has 27 heavy (non-hydrogen) atoms. The first-order chi connectivity index (χ1) is 13.2. The van der Waals surface area contributed by atoms with Crippen LogP contribution in [-0.4, -0.2) is 35.5 Å². The Bertz CT molecular complexity index is 449. The van der Waals surface area contributed by atoms with Gasteiger partial charge in [0.25, 0.3) is 0 Å². The summed E-state index contributed by atoms with van der Waals surface area (Å²) in [6.45, 7) is 1.64. The number of hydrogen-bond acceptors (Lipinski definition) is 4. The number of carbonyl (C=O) groups excluding carboxylic acids is 1. The van der Waals surface area contributed by atoms with Gasteiger partial charge in [0, 0.05) is 6.42 Å². The molecule has 0 aliphatic carbocycles. The van der Waals surface area contributed by atoms with E-state index < -0.39 is 6.10 Å². The van der Waals surface area contributed by atoms with Gasteiger partial charge in [-0.15, -0.1) is 0 Å². The zero-order valence-corrected chi connectivity index (χ0v) is 16.9. The molecule has 0 aromatic rings. The van der Waals surface area contributed by atoms with Crippen LogP contribution in [-0.2, 0) is 9.53 Å². The normalized spacial score (nSPS) is 13.4. The van der Waals surface area contributed by atoms with Gasteiger partial charge in [0.1, 0.15) is 12.7 Å². The molecule has 0 aliphatic heterocycles. The Morgan fingerprint density at radius 2 is 1.41 bits per heavy atom. The summed E-state index contributed by atoms with van der Waals surface area (Å²) in [7, 11) is 0. The Kier molecular flexibility index (Phi) is 19.4. The third-order valence-electron chi connectivity index (χ3n) is 3.87. The van der Waals surface area contributed by atoms with Crippen molar-refractivity contribution in [1.82, 2.24) is 0 Å². The number of aliphatic hydroxyl groups is 2. The van der Waals surface area contributed by atoms with E-state index >= 15 is 0 Å². The summed E-state index contributed by atoms with van der Waals surface area (Å²) in [5.74, 6) is -0.304. The molecule has 154 valence electrons. The van der Waals surface area contributed by atoms with Gasteiger partial charge in [0.2, 0.25) is 0 Å². The zero-order valence-electron chi connectivity index (χ0n) is 16.9. The van der Waals surface area contributed by atoms with Crippen LogP contribution >= 0.6 is 0 Å². The van der Waals surface area contributed by atoms with Crippen molar-refractivity contribution in [3.63, 3.8) is 0 Å². The lowest BCUT2D eigenvalue weighted by molar-refractivity contribution is -0.147. The fraction of sp³-hybridized carbons (Fsp3) is 0.609. The Morgan fingerprint density at radius 1 is 0.852 bits per heavy atom. The Hall–Kier alpha value is -1.65. The summed E-state index contributed by atoms with van der Waals surface area (Å²) >= 11 is 0. The highest BCUT2D eigenvalue weighted by atomic mass is 16.5. The largest absolute Gasteiger partial charge is 0.463 e. The van der Waals surface area contributed by atoms with Crippen LogP contribution in [0, 0.1) is 0 Å². The van der Waals surface area contributed by atoms with E-state index in [1.54, 1.807) is 0 Å². The average Bonchev–Trinajstić information content (AvgIpc) is 2.68. The third-order valence-corrected chi connectivity index (χ3v) is 3.87. The molecule has 4 heteroatoms. The Labute approximate surface area is 165 Å². The molecule has 1 atom stereocenters. The molecule has 1 unspecified atom stereocenters. The van der Waals surface area contributed by atoms with Crippen molar-refractivity contribution in [2.24, 2.45) is 0 Å². The second kappa shape index (κ2) is 20.7. The van der Waals surface area contributed by atoms with Crippen LogP contribution in [0.1, 0.15) is 71.1 Å². The minimum absolute atomic E-state index is 0.124. The van der Waals surface area contributed by atoms with Gasteiger partial charge < -0.3 is 14.9 Å². The maximum atomic E-state index is 11.4. The van der Waals surface area contributed by atoms with E-state index in [9.17, 15) is 4.79 Å². The molecule has 0 fully saturated rings. The van der Waals surface area contributed by atoms with Crippen LogP contribution in [0.25, 0.3) is 0 Å². The average molecular weight is 379 g/mol. The molecular weight excluding hydrogens is 340 g/mol. The minimum Gasteiger partial charge on any atom is -0.463 e. The summed E-state index contributed by atoms with van der Waals surface area (Å²) in [6, 6.07) is 0. The number of carbonyl (C=O) groups is 1. The smallest absolute Gasteiger partial charge is 0.305 e. The SMILES string of the molecule is CC/C=C\C/C=C\C/C=C\C/C=C\CCCCCCC(=O)OCC(O)CO. The molecule has 0 aliphatic rings. The lowest BCUT2D eigenvalue weighted by atomic mass is 10.1. The van der Waals surface area contributed by atoms with Gasteiger partial charge in [-0.2, -0.15) is 0 Å². The second-order valence-electron chi connectivity index (χ2n) is 6.47. The van der Waals surface area contributed by atoms with E-state index in [4.69, 9.17) is 14.9 Å². The maximum absolute atomic E-state index is 11.4. The standard InChI is InChI=1S/C23H38O4/c1-2-3-4-5-6-7-8-9-10-11-12-13-14-15-16-17-18-19-23(26)27-21-22(25)20-24/h3-4,6-7,9-10,12-13,22,24-25H,2,5,8,11,14-21H2,1H3/b4-3-,7-6-,10-9-,13-12-. The van der Waals surface area contributed by atoms with Gasteiger partial charge in [-0.3, -0.25) is 4.79 Å². The van der Waals surface area contributed by atoms with Crippen molar-refractivity contribution in [3.8, 4) is 0 Å². The topological polar surface area (TPSA) is 66.8 Å². The first kappa shape index (κ1) is 25.4. The van der Waals surface area contributed by atoms with Gasteiger partial charge >= 0.3 is 5.97 Å². The number of allylic oxidation sites excluding steroid dienone is 8. The van der Waals surface area contributed by atoms with Crippen LogP contribution in [0.3, 0.4) is 0 Å². The monoisotopic (exact) mass is 378 g/mol. The molecule has 0 amide bonds. The van der Waals surface area contributed by atoms with Crippen LogP contribution in [0.4, 0.5) is 0 Å². The number of rotatable bonds is 17. The van der Waals surface area contributed by atoms with Crippen LogP contribution in [0.5, 0.6) is 0 Å². The lowest BCUT2D eigenvalue weighted by Crippen LogP contribution is -2.21. The molecule has 0 saturated carbocycles. The van der Waals surface area contributed by atoms with Crippen molar-refractivity contribution < 1.29 is 19.7 Å². The molecule has 0 spiro atoms. The summed E-state index contributed by atoms with van der Waals surface area (Å²) in [5.41, 5.74) is 0. The third kappa shape index (κ3) is 20.5. The van der Waals surface area contributed by atoms with Gasteiger partial charge in [-0.05, 0) is 44.9 Å². The van der Waals surface area contributed by atoms with E-state index in [1.807, 2.05) is 0 Å². The van der Waals surface area contributed by atoms with Crippen LogP contribution < -0.4 is 0 Å². The van der Waals surface area contributed by atoms with E-state index in [0.29, 0.717) is 6.42 Å². The van der Waals surface area contributed by atoms with E-state index in [2.05, 4.69) is 55.5 Å². The fourth-order valence-electron chi connectivity index (χ4n) is 2.30. The van der Waals surface area contributed by atoms with Crippen molar-refractivity contribution in [2.75, 3.05) is 13.2 Å². The zero-order chi connectivity index (χ0) is 20.0. The van der Waals surface area contributed by atoms with Gasteiger partial charge in [-0.25, -0.2) is 0 Å². The van der Waals surface area contributed by atoms with E-state index in [0.717, 1.165) is 57.8 Å². The number of hydrogen-bond donors (Lipinski definition) is 2. The summed E-state index contributed by atoms with van der Waals surface area (Å²) in [4.78, 5) is 11.4. The number of aliphatic hydroxyl groups excluding tert-OH is 2. The highest BCUT2D eigenvalue weighted by Gasteiger charge is 2.07. The molecular formula is C23H38O4. The van der Waals surface area contributed by atoms with Crippen LogP contribution in [0.2, 0.25) is 0 Å². The molecule has 0 aromatic heterocycles. The van der Waals surface area contributed by atoms with Gasteiger partial charge in [0.15, 0.2) is 0 Å². The van der Waals surface area contributed by atoms with Crippen molar-refractivity contribution in [1.29, 1.82) is 0 Å². The molecule has 2 N–H and O–H groups in total. The number of ether oxygens (including phenoxy) is 1. The van der Waals surface area contributed by atoms with E-state index in [-0.39, 0.29) is 19.2 Å². The molecule has 0 bridgehead atoms. The molecule has 0 heterocycles. The van der Waals surface area contributed by atoms with E-state index in [1.165, 1.54) is 0 Å². The maximum Gasteiger partial charge on any atom is 0.305 e. The molecule has 0 saturated heterocycles. The predicted octanol–water partition coefficient (Wildman–Crippen LogP) is 5.03. The van der Waals surface area contributed by atoms with Crippen LogP contribution in [0.15, 0.2) is 48.6 Å². The summed E-state index contributed by atoms with van der Waals surface area (Å²) < 4.78 is 4.85. The van der Waals surface area contributed by atoms with Gasteiger partial charge in [0.05, 0.1) is 6.61 Å². The molecule has 0 aromatic carbocycles. The van der Waals surface area contributed by atoms with Gasteiger partial charge in [-0.1, -0.05) is 68.4 Å². The van der Waals surface area contributed by atoms with Crippen molar-refractivity contribution in [2.45, 2.75) is 77.2 Å². The highest BCUT2D eigenvalue weighted by Crippen LogP contribution is 2.07. The first-order valence-electron chi connectivity index (χ1n) is 10.2. The second-order valence-corrected chi connectivity index (χ2v) is 6.47. The summed E-state index contributed by atoms with van der Waals surface area (Å²) in [6.07, 6.45) is 26.2. The Morgan fingerprint density at radius 3 is 2.00 bits per heavy atom. The quantitative estimate of drug-likeness (QED) is 0.212. The Balaban J connectivity index is 3.41. The number of esters is 1. The van der Waals surface area contributed by atoms with Crippen molar-refractivity contribution >= 4 is 5.97 Å². The summed E-state index contributed by atoms with van der Waals surface area (Å²) in [5, 5.41) is 17.7. The first-order valence-corrected chi connectivity index (χ1v) is 10.2. The van der Waals surface area contributed by atoms with Crippen molar-refractivity contribution in [3.05, 3.63) is 48.6 Å². The molecule has 0 rings (SSSR count). The minimum atomic E-state index is -0.972.